The maximum Gasteiger partial charge on any atom is 0.298 e. The number of hydrogen-bond donors (Lipinski definition) is 5. The molecule has 2 amide bonds. The number of carbonyl (C=O) groups is 2. The van der Waals surface area contributed by atoms with E-state index in [-0.39, 0.29) is 16.6 Å². The van der Waals surface area contributed by atoms with Gasteiger partial charge in [-0.05, 0) is 25.0 Å². The molecular formula is C18H26ClN3O6S. The Hall–Kier alpha value is -1.88. The Bertz CT molecular complexity index is 869. The number of nitrogens with one attached hydrogen (secondary N) is 1. The first-order chi connectivity index (χ1) is 13.5. The van der Waals surface area contributed by atoms with Gasteiger partial charge in [-0.15, -0.1) is 0 Å². The van der Waals surface area contributed by atoms with E-state index in [4.69, 9.17) is 23.1 Å². The molecule has 0 spiro atoms. The van der Waals surface area contributed by atoms with Crippen molar-refractivity contribution in [2.24, 2.45) is 11.5 Å². The minimum atomic E-state index is -4.81. The standard InChI is InChI=1S/C18H26ClN3O6S/c19-10-7-13(17(24)14(8-10)29(26,27)28)12(9-15(20)23)16(21)18(25)22-11-5-3-1-2-4-6-11/h7-8,11-12,16,24H,1-6,9,21H2,(H2,20,23)(H,22,25)(H,26,27,28)/t12?,16-/m0/s1. The van der Waals surface area contributed by atoms with Crippen LogP contribution in [0.25, 0.3) is 0 Å². The van der Waals surface area contributed by atoms with Gasteiger partial charge in [0, 0.05) is 29.0 Å². The van der Waals surface area contributed by atoms with E-state index < -0.39 is 51.0 Å². The molecule has 1 aromatic carbocycles. The summed E-state index contributed by atoms with van der Waals surface area (Å²) < 4.78 is 32.4. The Kier molecular flexibility index (Phi) is 7.87. The van der Waals surface area contributed by atoms with E-state index in [1.807, 2.05) is 0 Å². The number of rotatable bonds is 7. The van der Waals surface area contributed by atoms with E-state index in [1.54, 1.807) is 0 Å². The molecule has 1 aliphatic rings. The monoisotopic (exact) mass is 447 g/mol. The predicted molar refractivity (Wildman–Crippen MR) is 107 cm³/mol. The van der Waals surface area contributed by atoms with E-state index in [2.05, 4.69) is 5.32 Å². The first kappa shape index (κ1) is 23.4. The van der Waals surface area contributed by atoms with Crippen molar-refractivity contribution in [1.82, 2.24) is 5.32 Å². The van der Waals surface area contributed by atoms with Crippen molar-refractivity contribution in [3.8, 4) is 5.75 Å². The number of primary amides is 1. The predicted octanol–water partition coefficient (Wildman–Crippen LogP) is 1.42. The summed E-state index contributed by atoms with van der Waals surface area (Å²) in [6, 6.07) is 0.697. The van der Waals surface area contributed by atoms with Crippen molar-refractivity contribution in [3.05, 3.63) is 22.7 Å². The first-order valence-electron chi connectivity index (χ1n) is 9.35. The summed E-state index contributed by atoms with van der Waals surface area (Å²) in [5.74, 6) is -3.32. The maximum absolute atomic E-state index is 12.7. The van der Waals surface area contributed by atoms with Crippen molar-refractivity contribution >= 4 is 33.5 Å². The summed E-state index contributed by atoms with van der Waals surface area (Å²) in [6.07, 6.45) is 5.35. The summed E-state index contributed by atoms with van der Waals surface area (Å²) in [6.45, 7) is 0. The Labute approximate surface area is 174 Å². The highest BCUT2D eigenvalue weighted by molar-refractivity contribution is 7.86. The van der Waals surface area contributed by atoms with E-state index in [1.165, 1.54) is 6.07 Å². The highest BCUT2D eigenvalue weighted by Crippen LogP contribution is 2.38. The molecule has 7 N–H and O–H groups in total. The van der Waals surface area contributed by atoms with Crippen LogP contribution in [0.5, 0.6) is 5.75 Å². The van der Waals surface area contributed by atoms with Crippen LogP contribution in [-0.2, 0) is 19.7 Å². The summed E-state index contributed by atoms with van der Waals surface area (Å²) in [5.41, 5.74) is 11.2. The van der Waals surface area contributed by atoms with Crippen LogP contribution in [0.2, 0.25) is 5.02 Å². The number of amides is 2. The molecule has 1 aliphatic carbocycles. The lowest BCUT2D eigenvalue weighted by Gasteiger charge is -2.26. The van der Waals surface area contributed by atoms with Crippen LogP contribution in [0.1, 0.15) is 56.4 Å². The van der Waals surface area contributed by atoms with E-state index in [0.29, 0.717) is 0 Å². The zero-order valence-corrected chi connectivity index (χ0v) is 17.4. The van der Waals surface area contributed by atoms with Crippen LogP contribution in [0.3, 0.4) is 0 Å². The van der Waals surface area contributed by atoms with Gasteiger partial charge in [-0.1, -0.05) is 37.3 Å². The highest BCUT2D eigenvalue weighted by Gasteiger charge is 2.33. The molecule has 1 unspecified atom stereocenters. The molecule has 0 bridgehead atoms. The molecule has 2 rings (SSSR count). The third-order valence-corrected chi connectivity index (χ3v) is 6.19. The van der Waals surface area contributed by atoms with Gasteiger partial charge in [-0.2, -0.15) is 8.42 Å². The van der Waals surface area contributed by atoms with Gasteiger partial charge in [0.05, 0.1) is 6.04 Å². The zero-order valence-electron chi connectivity index (χ0n) is 15.8. The quantitative estimate of drug-likeness (QED) is 0.310. The molecule has 162 valence electrons. The summed E-state index contributed by atoms with van der Waals surface area (Å²) in [4.78, 5) is 23.5. The lowest BCUT2D eigenvalue weighted by Crippen LogP contribution is -2.48. The second kappa shape index (κ2) is 9.75. The molecule has 11 heteroatoms. The molecule has 29 heavy (non-hydrogen) atoms. The topological polar surface area (TPSA) is 173 Å². The van der Waals surface area contributed by atoms with Gasteiger partial charge in [0.1, 0.15) is 10.6 Å². The summed E-state index contributed by atoms with van der Waals surface area (Å²) >= 11 is 5.92. The fourth-order valence-electron chi connectivity index (χ4n) is 3.62. The zero-order chi connectivity index (χ0) is 21.8. The molecule has 0 aromatic heterocycles. The number of halogens is 1. The molecule has 2 atom stereocenters. The van der Waals surface area contributed by atoms with Gasteiger partial charge in [0.25, 0.3) is 10.1 Å². The van der Waals surface area contributed by atoms with E-state index in [9.17, 15) is 27.7 Å². The SMILES string of the molecule is NC(=O)CC(c1cc(Cl)cc(S(=O)(=O)O)c1O)[C@H](N)C(=O)NC1CCCCCC1. The van der Waals surface area contributed by atoms with Crippen LogP contribution in [-0.4, -0.2) is 42.0 Å². The van der Waals surface area contributed by atoms with Crippen molar-refractivity contribution in [3.63, 3.8) is 0 Å². The van der Waals surface area contributed by atoms with Crippen molar-refractivity contribution < 1.29 is 27.7 Å². The van der Waals surface area contributed by atoms with Crippen molar-refractivity contribution in [1.29, 1.82) is 0 Å². The molecule has 1 saturated carbocycles. The van der Waals surface area contributed by atoms with Crippen molar-refractivity contribution in [2.75, 3.05) is 0 Å². The second-order valence-corrected chi connectivity index (χ2v) is 9.14. The Morgan fingerprint density at radius 1 is 1.21 bits per heavy atom. The molecule has 0 aliphatic heterocycles. The molecule has 0 saturated heterocycles. The fraction of sp³-hybridized carbons (Fsp3) is 0.556. The van der Waals surface area contributed by atoms with Crippen LogP contribution in [0.4, 0.5) is 0 Å². The molecule has 9 nitrogen and oxygen atoms in total. The van der Waals surface area contributed by atoms with E-state index >= 15 is 0 Å². The molecular weight excluding hydrogens is 422 g/mol. The molecule has 0 radical (unpaired) electrons. The van der Waals surface area contributed by atoms with Crippen molar-refractivity contribution in [2.45, 2.75) is 67.8 Å². The highest BCUT2D eigenvalue weighted by atomic mass is 35.5. The second-order valence-electron chi connectivity index (χ2n) is 7.32. The largest absolute Gasteiger partial charge is 0.506 e. The number of phenols is 1. The number of nitrogens with two attached hydrogens (primary N) is 2. The normalized spacial score (nSPS) is 17.9. The maximum atomic E-state index is 12.7. The Morgan fingerprint density at radius 3 is 2.31 bits per heavy atom. The van der Waals surface area contributed by atoms with Crippen LogP contribution < -0.4 is 16.8 Å². The molecule has 1 fully saturated rings. The van der Waals surface area contributed by atoms with Crippen LogP contribution >= 0.6 is 11.6 Å². The number of benzene rings is 1. The number of hydrogen-bond acceptors (Lipinski definition) is 6. The van der Waals surface area contributed by atoms with Gasteiger partial charge in [-0.25, -0.2) is 0 Å². The molecule has 1 aromatic rings. The third-order valence-electron chi connectivity index (χ3n) is 5.11. The van der Waals surface area contributed by atoms with Gasteiger partial charge in [0.2, 0.25) is 11.8 Å². The summed E-state index contributed by atoms with van der Waals surface area (Å²) in [5, 5.41) is 13.1. The lowest BCUT2D eigenvalue weighted by molar-refractivity contribution is -0.124. The number of aromatic hydroxyl groups is 1. The first-order valence-corrected chi connectivity index (χ1v) is 11.2. The smallest absolute Gasteiger partial charge is 0.298 e. The average Bonchev–Trinajstić information content (AvgIpc) is 2.88. The summed E-state index contributed by atoms with van der Waals surface area (Å²) in [7, 11) is -4.81. The Morgan fingerprint density at radius 2 is 1.79 bits per heavy atom. The van der Waals surface area contributed by atoms with Crippen LogP contribution in [0.15, 0.2) is 17.0 Å². The van der Waals surface area contributed by atoms with Gasteiger partial charge in [0.15, 0.2) is 0 Å². The van der Waals surface area contributed by atoms with Gasteiger partial charge < -0.3 is 21.9 Å². The van der Waals surface area contributed by atoms with Crippen LogP contribution in [0, 0.1) is 0 Å². The lowest BCUT2D eigenvalue weighted by atomic mass is 9.87. The Balaban J connectivity index is 2.37. The minimum absolute atomic E-state index is 0.0494. The number of carbonyl (C=O) groups excluding carboxylic acids is 2. The third kappa shape index (κ3) is 6.30. The average molecular weight is 448 g/mol. The minimum Gasteiger partial charge on any atom is -0.506 e. The van der Waals surface area contributed by atoms with Gasteiger partial charge >= 0.3 is 0 Å². The van der Waals surface area contributed by atoms with E-state index in [0.717, 1.165) is 44.6 Å². The number of phenolic OH excluding ortho intramolecular Hbond substituents is 1. The molecule has 0 heterocycles. The fourth-order valence-corrected chi connectivity index (χ4v) is 4.55. The van der Waals surface area contributed by atoms with Gasteiger partial charge in [-0.3, -0.25) is 14.1 Å².